The van der Waals surface area contributed by atoms with Crippen LogP contribution in [0.4, 0.5) is 0 Å². The highest BCUT2D eigenvalue weighted by molar-refractivity contribution is 7.90. The molecule has 0 heterocycles. The quantitative estimate of drug-likeness (QED) is 0.749. The van der Waals surface area contributed by atoms with E-state index in [0.29, 0.717) is 0 Å². The van der Waals surface area contributed by atoms with Gasteiger partial charge in [-0.15, -0.1) is 11.6 Å². The number of benzene rings is 1. The lowest BCUT2D eigenvalue weighted by atomic mass is 10.1. The van der Waals surface area contributed by atoms with Crippen LogP contribution in [0.5, 0.6) is 0 Å². The second kappa shape index (κ2) is 7.85. The minimum absolute atomic E-state index is 0.278. The van der Waals surface area contributed by atoms with Crippen LogP contribution in [0.1, 0.15) is 25.0 Å². The summed E-state index contributed by atoms with van der Waals surface area (Å²) in [4.78, 5) is 2.32. The molecule has 1 aromatic carbocycles. The molecule has 0 aliphatic rings. The molecular weight excluding hydrogens is 284 g/mol. The summed E-state index contributed by atoms with van der Waals surface area (Å²) in [5, 5.41) is -0.410. The van der Waals surface area contributed by atoms with Gasteiger partial charge in [-0.25, -0.2) is 13.1 Å². The Kier molecular flexibility index (Phi) is 6.79. The first kappa shape index (κ1) is 16.4. The van der Waals surface area contributed by atoms with E-state index >= 15 is 0 Å². The molecule has 0 radical (unpaired) electrons. The molecule has 0 saturated carbocycles. The van der Waals surface area contributed by atoms with E-state index in [1.165, 1.54) is 5.56 Å². The van der Waals surface area contributed by atoms with E-state index in [1.54, 1.807) is 0 Å². The molecule has 0 unspecified atom stereocenters. The van der Waals surface area contributed by atoms with E-state index in [1.807, 2.05) is 24.3 Å². The lowest BCUT2D eigenvalue weighted by Crippen LogP contribution is -2.24. The summed E-state index contributed by atoms with van der Waals surface area (Å²) in [7, 11) is -3.35. The van der Waals surface area contributed by atoms with Gasteiger partial charge < -0.3 is 0 Å². The highest BCUT2D eigenvalue weighted by atomic mass is 35.5. The molecule has 0 saturated heterocycles. The van der Waals surface area contributed by atoms with Crippen LogP contribution in [-0.2, 0) is 23.1 Å². The van der Waals surface area contributed by atoms with Crippen LogP contribution in [0, 0.1) is 0 Å². The van der Waals surface area contributed by atoms with E-state index in [0.717, 1.165) is 25.2 Å². The van der Waals surface area contributed by atoms with Crippen molar-refractivity contribution in [2.45, 2.75) is 26.9 Å². The Hall–Kier alpha value is -0.620. The van der Waals surface area contributed by atoms with Gasteiger partial charge in [-0.2, -0.15) is 0 Å². The van der Waals surface area contributed by atoms with Crippen molar-refractivity contribution in [1.29, 1.82) is 0 Å². The lowest BCUT2D eigenvalue weighted by Gasteiger charge is -2.18. The number of nitrogens with one attached hydrogen (secondary N) is 1. The number of hydrogen-bond donors (Lipinski definition) is 1. The molecule has 0 amide bonds. The number of halogens is 1. The van der Waals surface area contributed by atoms with Gasteiger partial charge in [-0.3, -0.25) is 4.90 Å². The number of nitrogens with zero attached hydrogens (tertiary/aromatic N) is 1. The van der Waals surface area contributed by atoms with Crippen molar-refractivity contribution in [1.82, 2.24) is 9.62 Å². The van der Waals surface area contributed by atoms with Gasteiger partial charge in [0, 0.05) is 13.1 Å². The minimum Gasteiger partial charge on any atom is -0.300 e. The third-order valence-electron chi connectivity index (χ3n) is 2.96. The highest BCUT2D eigenvalue weighted by Gasteiger charge is 2.07. The molecule has 4 nitrogen and oxygen atoms in total. The molecule has 0 aromatic heterocycles. The van der Waals surface area contributed by atoms with Crippen LogP contribution >= 0.6 is 11.6 Å². The van der Waals surface area contributed by atoms with Crippen molar-refractivity contribution < 1.29 is 8.42 Å². The molecule has 0 bridgehead atoms. The Morgan fingerprint density at radius 3 is 2.11 bits per heavy atom. The van der Waals surface area contributed by atoms with Crippen molar-refractivity contribution in [2.75, 3.05) is 18.3 Å². The van der Waals surface area contributed by atoms with Crippen molar-refractivity contribution in [3.8, 4) is 0 Å². The van der Waals surface area contributed by atoms with Crippen LogP contribution in [0.15, 0.2) is 24.3 Å². The fraction of sp³-hybridized carbons (Fsp3) is 0.538. The first-order chi connectivity index (χ1) is 9.00. The van der Waals surface area contributed by atoms with Gasteiger partial charge in [0.1, 0.15) is 5.21 Å². The smallest absolute Gasteiger partial charge is 0.225 e. The standard InChI is InChI=1S/C13H21ClN2O2S/c1-3-16(4-2)10-13-7-5-12(6-8-13)9-15-19(17,18)11-14/h5-8,15H,3-4,9-11H2,1-2H3. The molecule has 0 atom stereocenters. The summed E-state index contributed by atoms with van der Waals surface area (Å²) < 4.78 is 24.9. The largest absolute Gasteiger partial charge is 0.300 e. The Morgan fingerprint density at radius 2 is 1.63 bits per heavy atom. The van der Waals surface area contributed by atoms with Crippen molar-refractivity contribution in [3.05, 3.63) is 35.4 Å². The topological polar surface area (TPSA) is 49.4 Å². The van der Waals surface area contributed by atoms with Crippen LogP contribution in [0.2, 0.25) is 0 Å². The Bertz CT molecular complexity index is 470. The van der Waals surface area contributed by atoms with Gasteiger partial charge in [-0.05, 0) is 24.2 Å². The average Bonchev–Trinajstić information content (AvgIpc) is 2.44. The predicted molar refractivity (Wildman–Crippen MR) is 79.5 cm³/mol. The summed E-state index contributed by atoms with van der Waals surface area (Å²) in [5.74, 6) is 0. The fourth-order valence-corrected chi connectivity index (χ4v) is 2.39. The zero-order valence-electron chi connectivity index (χ0n) is 11.4. The Morgan fingerprint density at radius 1 is 1.11 bits per heavy atom. The molecule has 19 heavy (non-hydrogen) atoms. The molecule has 6 heteroatoms. The molecule has 0 spiro atoms. The second-order valence-corrected chi connectivity index (χ2v) is 6.71. The van der Waals surface area contributed by atoms with Gasteiger partial charge in [0.15, 0.2) is 0 Å². The van der Waals surface area contributed by atoms with Gasteiger partial charge in [0.25, 0.3) is 0 Å². The van der Waals surface area contributed by atoms with Gasteiger partial charge in [-0.1, -0.05) is 38.1 Å². The van der Waals surface area contributed by atoms with Crippen LogP contribution < -0.4 is 4.72 Å². The fourth-order valence-electron chi connectivity index (χ4n) is 1.70. The maximum absolute atomic E-state index is 11.2. The summed E-state index contributed by atoms with van der Waals surface area (Å²) >= 11 is 5.32. The lowest BCUT2D eigenvalue weighted by molar-refractivity contribution is 0.296. The summed E-state index contributed by atoms with van der Waals surface area (Å²) in [6, 6.07) is 7.94. The second-order valence-electron chi connectivity index (χ2n) is 4.32. The van der Waals surface area contributed by atoms with E-state index in [4.69, 9.17) is 11.6 Å². The Balaban J connectivity index is 2.57. The molecule has 0 aliphatic heterocycles. The summed E-state index contributed by atoms with van der Waals surface area (Å²) in [6.07, 6.45) is 0. The summed E-state index contributed by atoms with van der Waals surface area (Å²) in [6.45, 7) is 7.51. The molecule has 1 aromatic rings. The number of hydrogen-bond acceptors (Lipinski definition) is 3. The monoisotopic (exact) mass is 304 g/mol. The third-order valence-corrected chi connectivity index (χ3v) is 4.70. The predicted octanol–water partition coefficient (Wildman–Crippen LogP) is 2.14. The van der Waals surface area contributed by atoms with Crippen LogP contribution in [-0.4, -0.2) is 31.6 Å². The first-order valence-electron chi connectivity index (χ1n) is 6.34. The SMILES string of the molecule is CCN(CC)Cc1ccc(CNS(=O)(=O)CCl)cc1. The average molecular weight is 305 g/mol. The van der Waals surface area contributed by atoms with Crippen LogP contribution in [0.3, 0.4) is 0 Å². The summed E-state index contributed by atoms with van der Waals surface area (Å²) in [5.41, 5.74) is 2.16. The zero-order valence-corrected chi connectivity index (χ0v) is 13.0. The molecule has 1 N–H and O–H groups in total. The van der Waals surface area contributed by atoms with Crippen molar-refractivity contribution in [2.24, 2.45) is 0 Å². The van der Waals surface area contributed by atoms with E-state index < -0.39 is 15.2 Å². The van der Waals surface area contributed by atoms with E-state index in [-0.39, 0.29) is 6.54 Å². The number of alkyl halides is 1. The van der Waals surface area contributed by atoms with Gasteiger partial charge in [0.2, 0.25) is 10.0 Å². The normalized spacial score (nSPS) is 12.0. The van der Waals surface area contributed by atoms with Crippen LogP contribution in [0.25, 0.3) is 0 Å². The van der Waals surface area contributed by atoms with E-state index in [2.05, 4.69) is 23.5 Å². The number of rotatable bonds is 8. The zero-order chi connectivity index (χ0) is 14.3. The molecule has 0 fully saturated rings. The van der Waals surface area contributed by atoms with Gasteiger partial charge in [0.05, 0.1) is 0 Å². The van der Waals surface area contributed by atoms with Crippen molar-refractivity contribution in [3.63, 3.8) is 0 Å². The minimum atomic E-state index is -3.35. The van der Waals surface area contributed by atoms with E-state index in [9.17, 15) is 8.42 Å². The molecule has 0 aliphatic carbocycles. The highest BCUT2D eigenvalue weighted by Crippen LogP contribution is 2.08. The molecule has 1 rings (SSSR count). The molecule has 108 valence electrons. The third kappa shape index (κ3) is 5.91. The number of sulfonamides is 1. The maximum Gasteiger partial charge on any atom is 0.225 e. The Labute approximate surface area is 120 Å². The molecular formula is C13H21ClN2O2S. The maximum atomic E-state index is 11.2. The van der Waals surface area contributed by atoms with Crippen molar-refractivity contribution >= 4 is 21.6 Å². The van der Waals surface area contributed by atoms with Gasteiger partial charge >= 0.3 is 0 Å². The first-order valence-corrected chi connectivity index (χ1v) is 8.53.